The van der Waals surface area contributed by atoms with E-state index < -0.39 is 0 Å². The molecular weight excluding hydrogens is 310 g/mol. The Kier molecular flexibility index (Phi) is 5.98. The first-order valence-corrected chi connectivity index (χ1v) is 8.45. The number of carbonyl (C=O) groups is 2. The molecule has 1 amide bonds. The first-order valence-electron chi connectivity index (χ1n) is 7.63. The van der Waals surface area contributed by atoms with Crippen LogP contribution in [0.15, 0.2) is 30.3 Å². The van der Waals surface area contributed by atoms with Gasteiger partial charge in [0.1, 0.15) is 10.8 Å². The van der Waals surface area contributed by atoms with Gasteiger partial charge in [-0.15, -0.1) is 10.2 Å². The molecule has 2 aromatic rings. The lowest BCUT2D eigenvalue weighted by atomic mass is 9.95. The lowest BCUT2D eigenvalue weighted by Gasteiger charge is -2.11. The minimum atomic E-state index is -0.108. The molecule has 0 bridgehead atoms. The quantitative estimate of drug-likeness (QED) is 0.843. The maximum Gasteiger partial charge on any atom is 0.230 e. The lowest BCUT2D eigenvalue weighted by Crippen LogP contribution is -2.14. The van der Waals surface area contributed by atoms with Crippen molar-refractivity contribution in [3.05, 3.63) is 40.9 Å². The fraction of sp³-hybridized carbons (Fsp3) is 0.412. The molecule has 0 aliphatic heterocycles. The third-order valence-corrected chi connectivity index (χ3v) is 4.79. The molecule has 0 aliphatic carbocycles. The summed E-state index contributed by atoms with van der Waals surface area (Å²) in [5, 5.41) is 12.3. The van der Waals surface area contributed by atoms with Crippen molar-refractivity contribution in [3.63, 3.8) is 0 Å². The average molecular weight is 331 g/mol. The van der Waals surface area contributed by atoms with Crippen molar-refractivity contribution in [1.82, 2.24) is 10.2 Å². The Morgan fingerprint density at radius 2 is 1.87 bits per heavy atom. The summed E-state index contributed by atoms with van der Waals surface area (Å²) in [4.78, 5) is 23.4. The summed E-state index contributed by atoms with van der Waals surface area (Å²) in [5.41, 5.74) is 0.957. The molecule has 6 heteroatoms. The molecule has 0 spiro atoms. The second-order valence-electron chi connectivity index (χ2n) is 5.80. The Balaban J connectivity index is 1.91. The molecule has 0 radical (unpaired) electrons. The maximum absolute atomic E-state index is 12.0. The fourth-order valence-corrected chi connectivity index (χ4v) is 3.05. The second-order valence-corrected chi connectivity index (χ2v) is 6.81. The number of hydrogen-bond acceptors (Lipinski definition) is 5. The molecule has 0 aliphatic rings. The number of benzene rings is 1. The Morgan fingerprint density at radius 1 is 1.17 bits per heavy atom. The van der Waals surface area contributed by atoms with Gasteiger partial charge in [0, 0.05) is 11.8 Å². The molecule has 0 saturated carbocycles. The van der Waals surface area contributed by atoms with Gasteiger partial charge in [-0.05, 0) is 18.9 Å². The molecule has 122 valence electrons. The standard InChI is InChI=1S/C17H21N3O2S/c1-11(13(3)21)9-12(2)16-19-20-17(23-16)18-15(22)10-14-7-5-4-6-8-14/h4-8,11-12H,9-10H2,1-3H3,(H,18,20,22). The van der Waals surface area contributed by atoms with Crippen molar-refractivity contribution in [2.45, 2.75) is 39.5 Å². The predicted molar refractivity (Wildman–Crippen MR) is 91.6 cm³/mol. The van der Waals surface area contributed by atoms with E-state index in [2.05, 4.69) is 15.5 Å². The third-order valence-electron chi connectivity index (χ3n) is 3.72. The van der Waals surface area contributed by atoms with Crippen LogP contribution in [-0.4, -0.2) is 21.9 Å². The SMILES string of the molecule is CC(=O)C(C)CC(C)c1nnc(NC(=O)Cc2ccccc2)s1. The van der Waals surface area contributed by atoms with Crippen molar-refractivity contribution in [1.29, 1.82) is 0 Å². The van der Waals surface area contributed by atoms with E-state index in [9.17, 15) is 9.59 Å². The molecule has 2 rings (SSSR count). The number of aromatic nitrogens is 2. The zero-order valence-corrected chi connectivity index (χ0v) is 14.4. The number of carbonyl (C=O) groups excluding carboxylic acids is 2. The van der Waals surface area contributed by atoms with Crippen molar-refractivity contribution < 1.29 is 9.59 Å². The number of amides is 1. The molecule has 5 nitrogen and oxygen atoms in total. The molecule has 1 N–H and O–H groups in total. The highest BCUT2D eigenvalue weighted by molar-refractivity contribution is 7.15. The van der Waals surface area contributed by atoms with Crippen LogP contribution in [0.3, 0.4) is 0 Å². The zero-order chi connectivity index (χ0) is 16.8. The van der Waals surface area contributed by atoms with Gasteiger partial charge in [-0.3, -0.25) is 9.59 Å². The molecule has 1 heterocycles. The van der Waals surface area contributed by atoms with Gasteiger partial charge in [0.25, 0.3) is 0 Å². The van der Waals surface area contributed by atoms with Crippen LogP contribution in [0.4, 0.5) is 5.13 Å². The van der Waals surface area contributed by atoms with Crippen LogP contribution in [0.5, 0.6) is 0 Å². The number of ketones is 1. The van der Waals surface area contributed by atoms with E-state index in [1.807, 2.05) is 44.2 Å². The number of hydrogen-bond donors (Lipinski definition) is 1. The predicted octanol–water partition coefficient (Wildman–Crippen LogP) is 3.44. The normalized spacial score (nSPS) is 13.3. The van der Waals surface area contributed by atoms with E-state index in [1.165, 1.54) is 11.3 Å². The Bertz CT molecular complexity index is 669. The van der Waals surface area contributed by atoms with Crippen LogP contribution in [0.25, 0.3) is 0 Å². The van der Waals surface area contributed by atoms with Gasteiger partial charge in [0.2, 0.25) is 11.0 Å². The van der Waals surface area contributed by atoms with Crippen LogP contribution in [0, 0.1) is 5.92 Å². The Hall–Kier alpha value is -2.08. The van der Waals surface area contributed by atoms with Gasteiger partial charge in [-0.25, -0.2) is 0 Å². The van der Waals surface area contributed by atoms with E-state index in [0.717, 1.165) is 17.0 Å². The van der Waals surface area contributed by atoms with Crippen molar-refractivity contribution in [3.8, 4) is 0 Å². The molecule has 1 aromatic carbocycles. The topological polar surface area (TPSA) is 72.0 Å². The van der Waals surface area contributed by atoms with E-state index in [0.29, 0.717) is 11.6 Å². The lowest BCUT2D eigenvalue weighted by molar-refractivity contribution is -0.120. The molecule has 2 atom stereocenters. The van der Waals surface area contributed by atoms with E-state index in [-0.39, 0.29) is 23.5 Å². The van der Waals surface area contributed by atoms with Gasteiger partial charge in [-0.1, -0.05) is 55.5 Å². The largest absolute Gasteiger partial charge is 0.300 e. The molecule has 1 aromatic heterocycles. The Labute approximate surface area is 140 Å². The summed E-state index contributed by atoms with van der Waals surface area (Å²) >= 11 is 1.37. The van der Waals surface area contributed by atoms with Crippen LogP contribution in [-0.2, 0) is 16.0 Å². The van der Waals surface area contributed by atoms with Gasteiger partial charge < -0.3 is 5.32 Å². The molecule has 2 unspecified atom stereocenters. The van der Waals surface area contributed by atoms with Crippen molar-refractivity contribution in [2.75, 3.05) is 5.32 Å². The smallest absolute Gasteiger partial charge is 0.230 e. The minimum Gasteiger partial charge on any atom is -0.300 e. The number of rotatable bonds is 7. The second kappa shape index (κ2) is 7.97. The number of nitrogens with zero attached hydrogens (tertiary/aromatic N) is 2. The van der Waals surface area contributed by atoms with Crippen molar-refractivity contribution >= 4 is 28.2 Å². The summed E-state index contributed by atoms with van der Waals surface area (Å²) in [6.07, 6.45) is 1.05. The number of anilines is 1. The van der Waals surface area contributed by atoms with Gasteiger partial charge in [-0.2, -0.15) is 0 Å². The molecular formula is C17H21N3O2S. The fourth-order valence-electron chi connectivity index (χ4n) is 2.23. The summed E-state index contributed by atoms with van der Waals surface area (Å²) in [6, 6.07) is 9.56. The number of Topliss-reactive ketones (excluding diaryl/α,β-unsaturated/α-hetero) is 1. The van der Waals surface area contributed by atoms with Crippen LogP contribution >= 0.6 is 11.3 Å². The van der Waals surface area contributed by atoms with Gasteiger partial charge in [0.05, 0.1) is 6.42 Å². The monoisotopic (exact) mass is 331 g/mol. The van der Waals surface area contributed by atoms with Crippen LogP contribution < -0.4 is 5.32 Å². The van der Waals surface area contributed by atoms with Gasteiger partial charge in [0.15, 0.2) is 0 Å². The summed E-state index contributed by atoms with van der Waals surface area (Å²) in [7, 11) is 0. The maximum atomic E-state index is 12.0. The molecule has 23 heavy (non-hydrogen) atoms. The Morgan fingerprint density at radius 3 is 2.52 bits per heavy atom. The van der Waals surface area contributed by atoms with E-state index in [1.54, 1.807) is 6.92 Å². The number of nitrogens with one attached hydrogen (secondary N) is 1. The van der Waals surface area contributed by atoms with Crippen molar-refractivity contribution in [2.24, 2.45) is 5.92 Å². The van der Waals surface area contributed by atoms with E-state index in [4.69, 9.17) is 0 Å². The molecule has 0 fully saturated rings. The van der Waals surface area contributed by atoms with Gasteiger partial charge >= 0.3 is 0 Å². The summed E-state index contributed by atoms with van der Waals surface area (Å²) in [6.45, 7) is 5.55. The van der Waals surface area contributed by atoms with Crippen LogP contribution in [0.1, 0.15) is 43.7 Å². The van der Waals surface area contributed by atoms with E-state index >= 15 is 0 Å². The highest BCUT2D eigenvalue weighted by atomic mass is 32.1. The van der Waals surface area contributed by atoms with Crippen LogP contribution in [0.2, 0.25) is 0 Å². The first-order chi connectivity index (χ1) is 11.0. The highest BCUT2D eigenvalue weighted by Crippen LogP contribution is 2.28. The third kappa shape index (κ3) is 5.25. The minimum absolute atomic E-state index is 0.00465. The summed E-state index contributed by atoms with van der Waals surface area (Å²) in [5.74, 6) is 0.220. The first kappa shape index (κ1) is 17.3. The summed E-state index contributed by atoms with van der Waals surface area (Å²) < 4.78 is 0. The zero-order valence-electron chi connectivity index (χ0n) is 13.6. The highest BCUT2D eigenvalue weighted by Gasteiger charge is 2.18. The molecule has 0 saturated heterocycles. The average Bonchev–Trinajstić information content (AvgIpc) is 2.96.